The van der Waals surface area contributed by atoms with Crippen LogP contribution in [-0.4, -0.2) is 48.9 Å². The van der Waals surface area contributed by atoms with Gasteiger partial charge in [-0.15, -0.1) is 11.3 Å². The molecule has 1 N–H and O–H groups in total. The number of nitrogens with one attached hydrogen (secondary N) is 1. The number of aromatic nitrogens is 1. The Kier molecular flexibility index (Phi) is 5.61. The third kappa shape index (κ3) is 4.72. The third-order valence-corrected chi connectivity index (χ3v) is 7.19. The zero-order chi connectivity index (χ0) is 19.6. The molecule has 2 aromatic rings. The van der Waals surface area contributed by atoms with Crippen LogP contribution >= 0.6 is 11.3 Å². The lowest BCUT2D eigenvalue weighted by Crippen LogP contribution is -2.42. The van der Waals surface area contributed by atoms with E-state index in [9.17, 15) is 18.0 Å². The standard InChI is InChI=1S/C18H20N2O5S2/c1-11-15(26-17(19-11)13-6-4-3-5-7-13)18(22)25-12(2)16(21)20-14-8-9-27(23,24)10-14/h3-7,12,14H,8-10H2,1-2H3,(H,20,21)/t12-,14+/m0/s1. The lowest BCUT2D eigenvalue weighted by Gasteiger charge is -2.16. The molecule has 1 aromatic heterocycles. The summed E-state index contributed by atoms with van der Waals surface area (Å²) in [6.45, 7) is 3.18. The van der Waals surface area contributed by atoms with E-state index in [4.69, 9.17) is 4.74 Å². The number of thiazole rings is 1. The van der Waals surface area contributed by atoms with Gasteiger partial charge < -0.3 is 10.1 Å². The topological polar surface area (TPSA) is 102 Å². The maximum atomic E-state index is 12.4. The Bertz CT molecular complexity index is 953. The average Bonchev–Trinajstić information content (AvgIpc) is 3.17. The van der Waals surface area contributed by atoms with Crippen molar-refractivity contribution in [2.75, 3.05) is 11.5 Å². The zero-order valence-electron chi connectivity index (χ0n) is 15.0. The van der Waals surface area contributed by atoms with Crippen molar-refractivity contribution in [3.8, 4) is 10.6 Å². The van der Waals surface area contributed by atoms with Gasteiger partial charge in [-0.25, -0.2) is 18.2 Å². The monoisotopic (exact) mass is 408 g/mol. The van der Waals surface area contributed by atoms with Gasteiger partial charge in [-0.3, -0.25) is 4.79 Å². The van der Waals surface area contributed by atoms with Crippen molar-refractivity contribution in [3.05, 3.63) is 40.9 Å². The van der Waals surface area contributed by atoms with Crippen LogP contribution in [0.1, 0.15) is 28.7 Å². The Hall–Kier alpha value is -2.26. The number of esters is 1. The molecule has 1 fully saturated rings. The molecule has 9 heteroatoms. The minimum absolute atomic E-state index is 0.0639. The van der Waals surface area contributed by atoms with Crippen molar-refractivity contribution >= 4 is 33.1 Å². The molecule has 0 spiro atoms. The molecule has 3 rings (SSSR count). The lowest BCUT2D eigenvalue weighted by molar-refractivity contribution is -0.129. The second kappa shape index (κ2) is 7.77. The van der Waals surface area contributed by atoms with E-state index in [0.29, 0.717) is 22.0 Å². The fourth-order valence-electron chi connectivity index (χ4n) is 2.78. The highest BCUT2D eigenvalue weighted by Crippen LogP contribution is 2.28. The number of ether oxygens (including phenoxy) is 1. The van der Waals surface area contributed by atoms with Crippen LogP contribution in [0.4, 0.5) is 0 Å². The van der Waals surface area contributed by atoms with Gasteiger partial charge in [-0.1, -0.05) is 30.3 Å². The van der Waals surface area contributed by atoms with Gasteiger partial charge >= 0.3 is 5.97 Å². The number of carbonyl (C=O) groups is 2. The molecule has 0 unspecified atom stereocenters. The van der Waals surface area contributed by atoms with Crippen LogP contribution in [0.25, 0.3) is 10.6 Å². The van der Waals surface area contributed by atoms with E-state index in [-0.39, 0.29) is 11.5 Å². The molecule has 2 atom stereocenters. The Morgan fingerprint density at radius 2 is 2.00 bits per heavy atom. The number of hydrogen-bond donors (Lipinski definition) is 1. The molecular weight excluding hydrogens is 388 g/mol. The highest BCUT2D eigenvalue weighted by molar-refractivity contribution is 7.91. The molecule has 1 amide bonds. The van der Waals surface area contributed by atoms with Gasteiger partial charge in [0.25, 0.3) is 5.91 Å². The van der Waals surface area contributed by atoms with Crippen LogP contribution in [0.15, 0.2) is 30.3 Å². The van der Waals surface area contributed by atoms with E-state index in [2.05, 4.69) is 10.3 Å². The van der Waals surface area contributed by atoms with Crippen LogP contribution in [0.5, 0.6) is 0 Å². The van der Waals surface area contributed by atoms with Crippen LogP contribution in [0.3, 0.4) is 0 Å². The van der Waals surface area contributed by atoms with Crippen LogP contribution in [0.2, 0.25) is 0 Å². The molecule has 27 heavy (non-hydrogen) atoms. The van der Waals surface area contributed by atoms with Crippen molar-refractivity contribution in [1.82, 2.24) is 10.3 Å². The van der Waals surface area contributed by atoms with Crippen LogP contribution < -0.4 is 5.32 Å². The second-order valence-electron chi connectivity index (χ2n) is 6.46. The van der Waals surface area contributed by atoms with Gasteiger partial charge in [-0.05, 0) is 20.3 Å². The maximum Gasteiger partial charge on any atom is 0.351 e. The highest BCUT2D eigenvalue weighted by Gasteiger charge is 2.31. The predicted molar refractivity (Wildman–Crippen MR) is 102 cm³/mol. The predicted octanol–water partition coefficient (Wildman–Crippen LogP) is 1.97. The molecule has 0 radical (unpaired) electrons. The summed E-state index contributed by atoms with van der Waals surface area (Å²) in [5.74, 6) is -1.13. The Labute approximate surface area is 161 Å². The van der Waals surface area contributed by atoms with Gasteiger partial charge in [0.2, 0.25) is 0 Å². The quantitative estimate of drug-likeness (QED) is 0.759. The summed E-state index contributed by atoms with van der Waals surface area (Å²) in [5, 5.41) is 3.33. The van der Waals surface area contributed by atoms with Crippen molar-refractivity contribution < 1.29 is 22.7 Å². The zero-order valence-corrected chi connectivity index (χ0v) is 16.6. The summed E-state index contributed by atoms with van der Waals surface area (Å²) in [6.07, 6.45) is -0.647. The Morgan fingerprint density at radius 1 is 1.30 bits per heavy atom. The maximum absolute atomic E-state index is 12.4. The number of carbonyl (C=O) groups excluding carboxylic acids is 2. The molecular formula is C18H20N2O5S2. The molecule has 144 valence electrons. The molecule has 7 nitrogen and oxygen atoms in total. The number of benzene rings is 1. The Morgan fingerprint density at radius 3 is 2.63 bits per heavy atom. The summed E-state index contributed by atoms with van der Waals surface area (Å²) >= 11 is 1.21. The second-order valence-corrected chi connectivity index (χ2v) is 9.68. The molecule has 1 saturated heterocycles. The molecule has 1 aliphatic rings. The molecule has 1 aromatic carbocycles. The van der Waals surface area contributed by atoms with Gasteiger partial charge in [-0.2, -0.15) is 0 Å². The van der Waals surface area contributed by atoms with E-state index >= 15 is 0 Å². The van der Waals surface area contributed by atoms with Crippen LogP contribution in [0, 0.1) is 6.92 Å². The number of hydrogen-bond acceptors (Lipinski definition) is 7. The minimum atomic E-state index is -3.09. The molecule has 0 aliphatic carbocycles. The normalized spacial score (nSPS) is 19.4. The molecule has 0 bridgehead atoms. The van der Waals surface area contributed by atoms with Crippen molar-refractivity contribution in [3.63, 3.8) is 0 Å². The summed E-state index contributed by atoms with van der Waals surface area (Å²) < 4.78 is 28.2. The first-order valence-electron chi connectivity index (χ1n) is 8.50. The number of amides is 1. The summed E-state index contributed by atoms with van der Waals surface area (Å²) in [5.41, 5.74) is 1.44. The van der Waals surface area contributed by atoms with Gasteiger partial charge in [0.1, 0.15) is 9.88 Å². The summed E-state index contributed by atoms with van der Waals surface area (Å²) in [6, 6.07) is 9.05. The fourth-order valence-corrected chi connectivity index (χ4v) is 5.41. The first kappa shape index (κ1) is 19.5. The number of aryl methyl sites for hydroxylation is 1. The fraction of sp³-hybridized carbons (Fsp3) is 0.389. The summed E-state index contributed by atoms with van der Waals surface area (Å²) in [4.78, 5) is 29.4. The molecule has 0 saturated carbocycles. The minimum Gasteiger partial charge on any atom is -0.448 e. The van der Waals surface area contributed by atoms with E-state index in [1.54, 1.807) is 6.92 Å². The largest absolute Gasteiger partial charge is 0.448 e. The number of nitrogens with zero attached hydrogens (tertiary/aromatic N) is 1. The third-order valence-electron chi connectivity index (χ3n) is 4.23. The van der Waals surface area contributed by atoms with Crippen molar-refractivity contribution in [2.24, 2.45) is 0 Å². The van der Waals surface area contributed by atoms with Crippen molar-refractivity contribution in [1.29, 1.82) is 0 Å². The van der Waals surface area contributed by atoms with Gasteiger partial charge in [0.05, 0.1) is 17.2 Å². The highest BCUT2D eigenvalue weighted by atomic mass is 32.2. The van der Waals surface area contributed by atoms with Crippen molar-refractivity contribution in [2.45, 2.75) is 32.4 Å². The van der Waals surface area contributed by atoms with Crippen LogP contribution in [-0.2, 0) is 19.4 Å². The van der Waals surface area contributed by atoms with Gasteiger partial charge in [0.15, 0.2) is 15.9 Å². The Balaban J connectivity index is 1.63. The lowest BCUT2D eigenvalue weighted by atomic mass is 10.2. The van der Waals surface area contributed by atoms with Gasteiger partial charge in [0, 0.05) is 11.6 Å². The number of rotatable bonds is 5. The first-order chi connectivity index (χ1) is 12.7. The SMILES string of the molecule is Cc1nc(-c2ccccc2)sc1C(=O)O[C@@H](C)C(=O)N[C@@H]1CCS(=O)(=O)C1. The average molecular weight is 409 g/mol. The van der Waals surface area contributed by atoms with E-state index in [1.807, 2.05) is 30.3 Å². The first-order valence-corrected chi connectivity index (χ1v) is 11.1. The number of sulfone groups is 1. The molecule has 2 heterocycles. The summed E-state index contributed by atoms with van der Waals surface area (Å²) in [7, 11) is -3.09. The van der Waals surface area contributed by atoms with E-state index < -0.39 is 33.9 Å². The molecule has 1 aliphatic heterocycles. The smallest absolute Gasteiger partial charge is 0.351 e. The van der Waals surface area contributed by atoms with E-state index in [1.165, 1.54) is 18.3 Å². The van der Waals surface area contributed by atoms with E-state index in [0.717, 1.165) is 5.56 Å².